The van der Waals surface area contributed by atoms with Crippen molar-refractivity contribution in [2.75, 3.05) is 6.54 Å². The van der Waals surface area contributed by atoms with E-state index in [1.54, 1.807) is 0 Å². The average molecular weight is 272 g/mol. The Bertz CT molecular complexity index is 493. The predicted molar refractivity (Wildman–Crippen MR) is 67.5 cm³/mol. The van der Waals surface area contributed by atoms with Crippen LogP contribution in [-0.4, -0.2) is 41.5 Å². The molecule has 1 spiro atoms. The highest BCUT2D eigenvalue weighted by Gasteiger charge is 2.63. The van der Waals surface area contributed by atoms with Gasteiger partial charge in [-0.3, -0.25) is 4.79 Å². The molecule has 3 rings (SSSR count). The molecule has 6 heteroatoms. The van der Waals surface area contributed by atoms with E-state index in [0.29, 0.717) is 0 Å². The number of amides is 1. The third-order valence-corrected chi connectivity index (χ3v) is 7.31. The molecule has 0 bridgehead atoms. The van der Waals surface area contributed by atoms with Crippen molar-refractivity contribution in [3.63, 3.8) is 0 Å². The molecular weight excluding hydrogens is 252 g/mol. The van der Waals surface area contributed by atoms with Crippen molar-refractivity contribution in [3.05, 3.63) is 0 Å². The second-order valence-electron chi connectivity index (χ2n) is 6.32. The number of nitrogens with one attached hydrogen (secondary N) is 1. The molecule has 1 atom stereocenters. The lowest BCUT2D eigenvalue weighted by Gasteiger charge is -2.54. The van der Waals surface area contributed by atoms with Crippen molar-refractivity contribution >= 4 is 15.9 Å². The van der Waals surface area contributed by atoms with Crippen molar-refractivity contribution < 1.29 is 13.2 Å². The molecule has 2 aliphatic heterocycles. The van der Waals surface area contributed by atoms with Gasteiger partial charge in [-0.25, -0.2) is 12.7 Å². The summed E-state index contributed by atoms with van der Waals surface area (Å²) in [6.07, 6.45) is 4.94. The van der Waals surface area contributed by atoms with E-state index in [-0.39, 0.29) is 17.5 Å². The molecule has 0 aromatic carbocycles. The normalized spacial score (nSPS) is 36.0. The van der Waals surface area contributed by atoms with Crippen LogP contribution < -0.4 is 5.32 Å². The smallest absolute Gasteiger partial charge is 0.259 e. The van der Waals surface area contributed by atoms with E-state index >= 15 is 0 Å². The van der Waals surface area contributed by atoms with Crippen molar-refractivity contribution in [2.45, 2.75) is 62.3 Å². The largest absolute Gasteiger partial charge is 0.311 e. The van der Waals surface area contributed by atoms with Gasteiger partial charge in [-0.2, -0.15) is 0 Å². The molecule has 1 unspecified atom stereocenters. The Labute approximate surface area is 108 Å². The summed E-state index contributed by atoms with van der Waals surface area (Å²) in [5, 5.41) is 3.50. The van der Waals surface area contributed by atoms with Crippen LogP contribution in [-0.2, 0) is 14.8 Å². The Kier molecular flexibility index (Phi) is 2.40. The number of carbonyl (C=O) groups is 1. The summed E-state index contributed by atoms with van der Waals surface area (Å²) < 4.78 is 24.3. The van der Waals surface area contributed by atoms with E-state index in [2.05, 4.69) is 5.32 Å². The van der Waals surface area contributed by atoms with Gasteiger partial charge in [-0.05, 0) is 52.5 Å². The molecule has 0 aromatic heterocycles. The number of nitrogens with zero attached hydrogens (tertiary/aromatic N) is 1. The van der Waals surface area contributed by atoms with E-state index in [1.165, 1.54) is 20.3 Å². The van der Waals surface area contributed by atoms with E-state index in [9.17, 15) is 13.2 Å². The molecule has 3 fully saturated rings. The summed E-state index contributed by atoms with van der Waals surface area (Å²) in [4.78, 5) is 12.0. The van der Waals surface area contributed by atoms with Gasteiger partial charge >= 0.3 is 0 Å². The summed E-state index contributed by atoms with van der Waals surface area (Å²) in [7, 11) is -3.43. The van der Waals surface area contributed by atoms with Crippen LogP contribution >= 0.6 is 0 Å². The minimum Gasteiger partial charge on any atom is -0.311 e. The molecule has 1 amide bonds. The zero-order chi connectivity index (χ0) is 13.2. The Morgan fingerprint density at radius 2 is 2.00 bits per heavy atom. The summed E-state index contributed by atoms with van der Waals surface area (Å²) >= 11 is 0. The van der Waals surface area contributed by atoms with Crippen molar-refractivity contribution in [1.29, 1.82) is 0 Å². The zero-order valence-electron chi connectivity index (χ0n) is 10.9. The first-order chi connectivity index (χ1) is 8.30. The van der Waals surface area contributed by atoms with Crippen LogP contribution in [0.2, 0.25) is 0 Å². The fourth-order valence-corrected chi connectivity index (χ4v) is 5.07. The van der Waals surface area contributed by atoms with Gasteiger partial charge in [0.15, 0.2) is 4.75 Å². The highest BCUT2D eigenvalue weighted by atomic mass is 32.2. The van der Waals surface area contributed by atoms with Crippen molar-refractivity contribution in [3.8, 4) is 0 Å². The maximum atomic E-state index is 12.2. The Morgan fingerprint density at radius 1 is 1.33 bits per heavy atom. The first kappa shape index (κ1) is 12.4. The quantitative estimate of drug-likeness (QED) is 0.759. The van der Waals surface area contributed by atoms with E-state index in [4.69, 9.17) is 0 Å². The molecule has 1 aliphatic carbocycles. The van der Waals surface area contributed by atoms with Gasteiger partial charge in [0.1, 0.15) is 0 Å². The van der Waals surface area contributed by atoms with Crippen LogP contribution in [0.4, 0.5) is 0 Å². The lowest BCUT2D eigenvalue weighted by Crippen LogP contribution is -2.72. The maximum absolute atomic E-state index is 12.2. The monoisotopic (exact) mass is 272 g/mol. The molecular formula is C12H20N2O3S. The summed E-state index contributed by atoms with van der Waals surface area (Å²) in [6, 6.07) is -0.128. The van der Waals surface area contributed by atoms with Crippen molar-refractivity contribution in [2.24, 2.45) is 0 Å². The second-order valence-corrected chi connectivity index (χ2v) is 8.69. The van der Waals surface area contributed by atoms with Crippen LogP contribution in [0, 0.1) is 0 Å². The number of piperidine rings is 1. The summed E-state index contributed by atoms with van der Waals surface area (Å²) in [5.41, 5.74) is 0.110. The minimum atomic E-state index is -3.43. The molecule has 1 N–H and O–H groups in total. The van der Waals surface area contributed by atoms with Gasteiger partial charge in [-0.1, -0.05) is 0 Å². The lowest BCUT2D eigenvalue weighted by molar-refractivity contribution is -0.135. The number of hydrogen-bond acceptors (Lipinski definition) is 4. The topological polar surface area (TPSA) is 66.5 Å². The minimum absolute atomic E-state index is 0.110. The molecule has 0 radical (unpaired) electrons. The van der Waals surface area contributed by atoms with E-state index in [1.807, 2.05) is 0 Å². The molecule has 102 valence electrons. The molecule has 2 heterocycles. The first-order valence-electron chi connectivity index (χ1n) is 6.64. The Balaban J connectivity index is 1.82. The van der Waals surface area contributed by atoms with Gasteiger partial charge in [0.05, 0.1) is 6.04 Å². The molecule has 0 aromatic rings. The fraction of sp³-hybridized carbons (Fsp3) is 0.917. The third kappa shape index (κ3) is 1.36. The number of rotatable bonds is 1. The van der Waals surface area contributed by atoms with Gasteiger partial charge in [0.2, 0.25) is 0 Å². The highest BCUT2D eigenvalue weighted by Crippen LogP contribution is 2.44. The Morgan fingerprint density at radius 3 is 2.50 bits per heavy atom. The summed E-state index contributed by atoms with van der Waals surface area (Å²) in [6.45, 7) is 3.81. The maximum Gasteiger partial charge on any atom is 0.259 e. The third-order valence-electron chi connectivity index (χ3n) is 4.87. The fourth-order valence-electron chi connectivity index (χ4n) is 3.37. The van der Waals surface area contributed by atoms with Crippen molar-refractivity contribution in [1.82, 2.24) is 9.62 Å². The van der Waals surface area contributed by atoms with Crippen LogP contribution in [0.1, 0.15) is 46.0 Å². The second kappa shape index (κ2) is 3.48. The molecule has 3 aliphatic rings. The van der Waals surface area contributed by atoms with Gasteiger partial charge in [0.25, 0.3) is 15.9 Å². The lowest BCUT2D eigenvalue weighted by atomic mass is 9.70. The number of sulfonamides is 1. The van der Waals surface area contributed by atoms with Crippen LogP contribution in [0.25, 0.3) is 0 Å². The molecule has 18 heavy (non-hydrogen) atoms. The van der Waals surface area contributed by atoms with Gasteiger partial charge in [-0.15, -0.1) is 0 Å². The molecule has 2 saturated heterocycles. The average Bonchev–Trinajstić information content (AvgIpc) is 2.27. The number of carbonyl (C=O) groups excluding carboxylic acids is 1. The molecule has 5 nitrogen and oxygen atoms in total. The molecule has 1 saturated carbocycles. The van der Waals surface area contributed by atoms with E-state index < -0.39 is 14.8 Å². The standard InChI is InChI=1S/C12H20N2O3S/c1-11(2)10(15)14(18(11,16)17)9-4-7-13-12(8-9)5-3-6-12/h9,13H,3-8H2,1-2H3. The SMILES string of the molecule is CC1(C)C(=O)N(C2CCNC3(CCC3)C2)S1(=O)=O. The van der Waals surface area contributed by atoms with Crippen LogP contribution in [0.3, 0.4) is 0 Å². The van der Waals surface area contributed by atoms with Gasteiger partial charge in [0, 0.05) is 5.54 Å². The van der Waals surface area contributed by atoms with Crippen LogP contribution in [0.15, 0.2) is 0 Å². The van der Waals surface area contributed by atoms with E-state index in [0.717, 1.165) is 36.5 Å². The Hall–Kier alpha value is -0.620. The zero-order valence-corrected chi connectivity index (χ0v) is 11.7. The number of hydrogen-bond donors (Lipinski definition) is 1. The van der Waals surface area contributed by atoms with Crippen LogP contribution in [0.5, 0.6) is 0 Å². The first-order valence-corrected chi connectivity index (χ1v) is 8.08. The summed E-state index contributed by atoms with van der Waals surface area (Å²) in [5.74, 6) is -0.233. The van der Waals surface area contributed by atoms with Gasteiger partial charge < -0.3 is 5.32 Å². The highest BCUT2D eigenvalue weighted by molar-refractivity contribution is 7.94. The predicted octanol–water partition coefficient (Wildman–Crippen LogP) is 0.612.